The van der Waals surface area contributed by atoms with Crippen molar-refractivity contribution < 1.29 is 23.4 Å². The highest BCUT2D eigenvalue weighted by Crippen LogP contribution is 2.38. The summed E-state index contributed by atoms with van der Waals surface area (Å²) in [7, 11) is 0. The first-order valence-corrected chi connectivity index (χ1v) is 9.99. The van der Waals surface area contributed by atoms with E-state index < -0.39 is 0 Å². The summed E-state index contributed by atoms with van der Waals surface area (Å²) in [5.74, 6) is 1.39. The van der Waals surface area contributed by atoms with E-state index in [-0.39, 0.29) is 30.1 Å². The lowest BCUT2D eigenvalue weighted by Gasteiger charge is -2.27. The summed E-state index contributed by atoms with van der Waals surface area (Å²) in [6.07, 6.45) is 1.91. The van der Waals surface area contributed by atoms with Gasteiger partial charge in [0.1, 0.15) is 19.8 Å². The Hall–Kier alpha value is -2.80. The number of hydrogen-bond donors (Lipinski definition) is 1. The fraction of sp³-hybridized carbons (Fsp3) is 0.409. The fourth-order valence-electron chi connectivity index (χ4n) is 3.77. The van der Waals surface area contributed by atoms with Crippen LogP contribution < -0.4 is 19.5 Å². The van der Waals surface area contributed by atoms with Gasteiger partial charge in [-0.15, -0.1) is 0 Å². The molecule has 1 saturated heterocycles. The van der Waals surface area contributed by atoms with Crippen LogP contribution in [0.1, 0.15) is 24.4 Å². The molecule has 29 heavy (non-hydrogen) atoms. The molecular weight excluding hydrogens is 375 g/mol. The summed E-state index contributed by atoms with van der Waals surface area (Å²) in [5, 5.41) is 3.09. The van der Waals surface area contributed by atoms with Crippen molar-refractivity contribution in [3.05, 3.63) is 53.8 Å². The second-order valence-corrected chi connectivity index (χ2v) is 7.10. The van der Waals surface area contributed by atoms with Gasteiger partial charge in [-0.3, -0.25) is 4.79 Å². The first-order chi connectivity index (χ1) is 14.2. The minimum atomic E-state index is -0.386. The molecule has 1 amide bonds. The molecule has 2 aliphatic heterocycles. The Morgan fingerprint density at radius 3 is 2.86 bits per heavy atom. The summed E-state index contributed by atoms with van der Waals surface area (Å²) >= 11 is 0. The Morgan fingerprint density at radius 1 is 1.17 bits per heavy atom. The molecule has 0 unspecified atom stereocenters. The minimum Gasteiger partial charge on any atom is -0.489 e. The molecule has 2 aromatic carbocycles. The number of nitrogens with one attached hydrogen (secondary N) is 1. The van der Waals surface area contributed by atoms with Gasteiger partial charge in [0.15, 0.2) is 23.1 Å². The Labute approximate surface area is 169 Å². The molecule has 1 atom stereocenters. The van der Waals surface area contributed by atoms with Gasteiger partial charge in [-0.05, 0) is 42.7 Å². The van der Waals surface area contributed by atoms with Gasteiger partial charge < -0.3 is 24.4 Å². The van der Waals surface area contributed by atoms with Crippen LogP contribution in [0.3, 0.4) is 0 Å². The highest BCUT2D eigenvalue weighted by molar-refractivity contribution is 5.79. The number of likely N-dealkylation sites (tertiary alicyclic amines) is 1. The van der Waals surface area contributed by atoms with E-state index in [1.807, 2.05) is 23.1 Å². The lowest BCUT2D eigenvalue weighted by atomic mass is 10.0. The maximum absolute atomic E-state index is 13.5. The zero-order chi connectivity index (χ0) is 20.1. The van der Waals surface area contributed by atoms with E-state index in [0.717, 1.165) is 36.4 Å². The normalized spacial score (nSPS) is 18.0. The van der Waals surface area contributed by atoms with Crippen LogP contribution in [0, 0.1) is 5.82 Å². The Kier molecular flexibility index (Phi) is 6.14. The molecular formula is C22H25FN2O4. The molecule has 0 aliphatic carbocycles. The number of benzene rings is 2. The predicted octanol–water partition coefficient (Wildman–Crippen LogP) is 2.93. The second-order valence-electron chi connectivity index (χ2n) is 7.10. The Bertz CT molecular complexity index is 860. The molecule has 7 heteroatoms. The molecule has 0 bridgehead atoms. The molecule has 0 saturated carbocycles. The van der Waals surface area contributed by atoms with E-state index >= 15 is 0 Å². The number of amides is 1. The molecule has 0 aromatic heterocycles. The lowest BCUT2D eigenvalue weighted by Crippen LogP contribution is -2.38. The van der Waals surface area contributed by atoms with Crippen molar-refractivity contribution in [1.82, 2.24) is 10.2 Å². The van der Waals surface area contributed by atoms with Crippen molar-refractivity contribution in [3.63, 3.8) is 0 Å². The molecule has 6 nitrogen and oxygen atoms in total. The first kappa shape index (κ1) is 19.5. The van der Waals surface area contributed by atoms with Crippen LogP contribution in [-0.2, 0) is 4.79 Å². The van der Waals surface area contributed by atoms with Gasteiger partial charge in [-0.1, -0.05) is 18.2 Å². The van der Waals surface area contributed by atoms with Gasteiger partial charge >= 0.3 is 0 Å². The first-order valence-electron chi connectivity index (χ1n) is 9.99. The maximum atomic E-state index is 13.5. The van der Waals surface area contributed by atoms with Crippen molar-refractivity contribution in [2.75, 3.05) is 39.5 Å². The zero-order valence-corrected chi connectivity index (χ0v) is 16.2. The van der Waals surface area contributed by atoms with Crippen molar-refractivity contribution in [2.24, 2.45) is 0 Å². The number of para-hydroxylation sites is 1. The number of ether oxygens (including phenoxy) is 3. The zero-order valence-electron chi connectivity index (χ0n) is 16.2. The third-order valence-electron chi connectivity index (χ3n) is 5.17. The van der Waals surface area contributed by atoms with Crippen molar-refractivity contribution >= 4 is 5.91 Å². The number of hydrogen-bond acceptors (Lipinski definition) is 5. The van der Waals surface area contributed by atoms with E-state index in [9.17, 15) is 9.18 Å². The van der Waals surface area contributed by atoms with Gasteiger partial charge in [0.25, 0.3) is 0 Å². The average molecular weight is 400 g/mol. The summed E-state index contributed by atoms with van der Waals surface area (Å²) in [6, 6.07) is 12.3. The van der Waals surface area contributed by atoms with E-state index in [4.69, 9.17) is 14.2 Å². The largest absolute Gasteiger partial charge is 0.489 e. The number of carbonyl (C=O) groups is 1. The van der Waals surface area contributed by atoms with E-state index in [1.54, 1.807) is 18.2 Å². The second kappa shape index (κ2) is 9.13. The Balaban J connectivity index is 1.27. The standard InChI is InChI=1S/C22H25FN2O4/c23-17-4-1-2-6-19(17)27-11-9-24-15-22(26)25-10-3-5-18(25)16-7-8-20-21(14-16)29-13-12-28-20/h1-2,4,6-8,14,18,24H,3,5,9-13,15H2/t18-/m0/s1. The highest BCUT2D eigenvalue weighted by atomic mass is 19.1. The predicted molar refractivity (Wildman–Crippen MR) is 106 cm³/mol. The minimum absolute atomic E-state index is 0.0493. The topological polar surface area (TPSA) is 60.0 Å². The van der Waals surface area contributed by atoms with Crippen LogP contribution >= 0.6 is 0 Å². The fourth-order valence-corrected chi connectivity index (χ4v) is 3.77. The summed E-state index contributed by atoms with van der Waals surface area (Å²) < 4.78 is 30.2. The van der Waals surface area contributed by atoms with E-state index in [0.29, 0.717) is 26.4 Å². The van der Waals surface area contributed by atoms with Crippen LogP contribution in [0.2, 0.25) is 0 Å². The molecule has 2 aliphatic rings. The average Bonchev–Trinajstić information content (AvgIpc) is 3.24. The van der Waals surface area contributed by atoms with Crippen molar-refractivity contribution in [2.45, 2.75) is 18.9 Å². The van der Waals surface area contributed by atoms with Crippen molar-refractivity contribution in [1.29, 1.82) is 0 Å². The van der Waals surface area contributed by atoms with Crippen LogP contribution in [0.4, 0.5) is 4.39 Å². The van der Waals surface area contributed by atoms with Crippen LogP contribution in [0.25, 0.3) is 0 Å². The van der Waals surface area contributed by atoms with Crippen LogP contribution in [-0.4, -0.2) is 50.3 Å². The van der Waals surface area contributed by atoms with Gasteiger partial charge in [0, 0.05) is 13.1 Å². The van der Waals surface area contributed by atoms with Gasteiger partial charge in [0.05, 0.1) is 12.6 Å². The number of rotatable bonds is 7. The summed E-state index contributed by atoms with van der Waals surface area (Å²) in [6.45, 7) is 2.82. The van der Waals surface area contributed by atoms with E-state index in [2.05, 4.69) is 5.32 Å². The monoisotopic (exact) mass is 400 g/mol. The molecule has 1 N–H and O–H groups in total. The lowest BCUT2D eigenvalue weighted by molar-refractivity contribution is -0.131. The number of halogens is 1. The van der Waals surface area contributed by atoms with Crippen molar-refractivity contribution in [3.8, 4) is 17.2 Å². The third kappa shape index (κ3) is 4.62. The maximum Gasteiger partial charge on any atom is 0.237 e. The summed E-state index contributed by atoms with van der Waals surface area (Å²) in [4.78, 5) is 14.6. The van der Waals surface area contributed by atoms with Crippen LogP contribution in [0.15, 0.2) is 42.5 Å². The Morgan fingerprint density at radius 2 is 2.00 bits per heavy atom. The number of carbonyl (C=O) groups excluding carboxylic acids is 1. The van der Waals surface area contributed by atoms with Gasteiger partial charge in [-0.25, -0.2) is 4.39 Å². The molecule has 2 aromatic rings. The molecule has 4 rings (SSSR count). The molecule has 0 radical (unpaired) electrons. The summed E-state index contributed by atoms with van der Waals surface area (Å²) in [5.41, 5.74) is 1.07. The molecule has 0 spiro atoms. The van der Waals surface area contributed by atoms with E-state index in [1.165, 1.54) is 6.07 Å². The highest BCUT2D eigenvalue weighted by Gasteiger charge is 2.30. The number of fused-ring (bicyclic) bond motifs is 1. The van der Waals surface area contributed by atoms with Crippen LogP contribution in [0.5, 0.6) is 17.2 Å². The van der Waals surface area contributed by atoms with Gasteiger partial charge in [0.2, 0.25) is 5.91 Å². The molecule has 2 heterocycles. The SMILES string of the molecule is O=C(CNCCOc1ccccc1F)N1CCC[C@H]1c1ccc2c(c1)OCCO2. The molecule has 1 fully saturated rings. The van der Waals surface area contributed by atoms with Gasteiger partial charge in [-0.2, -0.15) is 0 Å². The third-order valence-corrected chi connectivity index (χ3v) is 5.17. The number of nitrogens with zero attached hydrogens (tertiary/aromatic N) is 1. The quantitative estimate of drug-likeness (QED) is 0.725. The molecule has 154 valence electrons. The smallest absolute Gasteiger partial charge is 0.237 e.